The van der Waals surface area contributed by atoms with Crippen LogP contribution < -0.4 is 5.32 Å². The Bertz CT molecular complexity index is 573. The standard InChI is InChI=1S/C13H13ClN2O4/c14-9-4-8(13(19)20)5-10(6-9)15-11(17)7-16-3-1-2-12(16)18/h4-6H,1-3,7H2,(H,15,17)(H,19,20). The van der Waals surface area contributed by atoms with E-state index in [1.807, 2.05) is 0 Å². The number of aromatic carboxylic acids is 1. The third kappa shape index (κ3) is 3.48. The molecule has 0 spiro atoms. The second-order valence-electron chi connectivity index (χ2n) is 4.50. The summed E-state index contributed by atoms with van der Waals surface area (Å²) in [6, 6.07) is 4.07. The fourth-order valence-electron chi connectivity index (χ4n) is 2.03. The Morgan fingerprint density at radius 1 is 1.35 bits per heavy atom. The molecule has 1 aliphatic heterocycles. The maximum atomic E-state index is 11.8. The van der Waals surface area contributed by atoms with Gasteiger partial charge in [0.1, 0.15) is 0 Å². The van der Waals surface area contributed by atoms with Crippen LogP contribution in [0.5, 0.6) is 0 Å². The van der Waals surface area contributed by atoms with E-state index in [1.165, 1.54) is 23.1 Å². The molecule has 1 heterocycles. The third-order valence-electron chi connectivity index (χ3n) is 2.93. The average molecular weight is 297 g/mol. The first-order chi connectivity index (χ1) is 9.45. The molecule has 6 nitrogen and oxygen atoms in total. The van der Waals surface area contributed by atoms with Gasteiger partial charge in [-0.1, -0.05) is 11.6 Å². The minimum absolute atomic E-state index is 0.00921. The highest BCUT2D eigenvalue weighted by Gasteiger charge is 2.22. The fourth-order valence-corrected chi connectivity index (χ4v) is 2.27. The van der Waals surface area contributed by atoms with Crippen LogP contribution in [0.4, 0.5) is 5.69 Å². The highest BCUT2D eigenvalue weighted by Crippen LogP contribution is 2.19. The number of nitrogens with zero attached hydrogens (tertiary/aromatic N) is 1. The molecule has 1 fully saturated rings. The first-order valence-electron chi connectivity index (χ1n) is 6.07. The van der Waals surface area contributed by atoms with Gasteiger partial charge in [0.15, 0.2) is 0 Å². The van der Waals surface area contributed by atoms with Gasteiger partial charge >= 0.3 is 5.97 Å². The lowest BCUT2D eigenvalue weighted by Gasteiger charge is -2.15. The van der Waals surface area contributed by atoms with Crippen molar-refractivity contribution in [3.63, 3.8) is 0 Å². The Labute approximate surface area is 120 Å². The number of nitrogens with one attached hydrogen (secondary N) is 1. The van der Waals surface area contributed by atoms with Crippen molar-refractivity contribution in [3.05, 3.63) is 28.8 Å². The molecule has 1 saturated heterocycles. The highest BCUT2D eigenvalue weighted by molar-refractivity contribution is 6.31. The molecule has 0 unspecified atom stereocenters. The number of halogens is 1. The van der Waals surface area contributed by atoms with Crippen LogP contribution in [0, 0.1) is 0 Å². The molecule has 7 heteroatoms. The van der Waals surface area contributed by atoms with E-state index in [2.05, 4.69) is 5.32 Å². The van der Waals surface area contributed by atoms with Crippen molar-refractivity contribution < 1.29 is 19.5 Å². The monoisotopic (exact) mass is 296 g/mol. The van der Waals surface area contributed by atoms with E-state index in [9.17, 15) is 14.4 Å². The lowest BCUT2D eigenvalue weighted by atomic mass is 10.2. The lowest BCUT2D eigenvalue weighted by Crippen LogP contribution is -2.33. The highest BCUT2D eigenvalue weighted by atomic mass is 35.5. The Balaban J connectivity index is 2.04. The normalized spacial score (nSPS) is 14.4. The zero-order chi connectivity index (χ0) is 14.7. The Kier molecular flexibility index (Phi) is 4.24. The van der Waals surface area contributed by atoms with E-state index < -0.39 is 5.97 Å². The fraction of sp³-hybridized carbons (Fsp3) is 0.308. The van der Waals surface area contributed by atoms with Crippen molar-refractivity contribution >= 4 is 35.1 Å². The van der Waals surface area contributed by atoms with E-state index in [-0.39, 0.29) is 28.9 Å². The van der Waals surface area contributed by atoms with Crippen LogP contribution in [0.15, 0.2) is 18.2 Å². The predicted octanol–water partition coefficient (Wildman–Crippen LogP) is 1.60. The van der Waals surface area contributed by atoms with E-state index in [4.69, 9.17) is 16.7 Å². The van der Waals surface area contributed by atoms with Crippen LogP contribution in [-0.2, 0) is 9.59 Å². The van der Waals surface area contributed by atoms with Gasteiger partial charge in [-0.3, -0.25) is 9.59 Å². The minimum atomic E-state index is -1.13. The van der Waals surface area contributed by atoms with E-state index in [1.54, 1.807) is 0 Å². The molecular formula is C13H13ClN2O4. The van der Waals surface area contributed by atoms with Gasteiger partial charge in [0.25, 0.3) is 0 Å². The molecule has 0 radical (unpaired) electrons. The molecule has 106 valence electrons. The molecular weight excluding hydrogens is 284 g/mol. The number of benzene rings is 1. The summed E-state index contributed by atoms with van der Waals surface area (Å²) < 4.78 is 0. The first-order valence-corrected chi connectivity index (χ1v) is 6.45. The summed E-state index contributed by atoms with van der Waals surface area (Å²) >= 11 is 5.79. The maximum absolute atomic E-state index is 11.8. The molecule has 1 aromatic carbocycles. The van der Waals surface area contributed by atoms with Gasteiger partial charge < -0.3 is 15.3 Å². The van der Waals surface area contributed by atoms with Crippen LogP contribution in [0.1, 0.15) is 23.2 Å². The summed E-state index contributed by atoms with van der Waals surface area (Å²) in [6.45, 7) is 0.538. The molecule has 1 aliphatic rings. The summed E-state index contributed by atoms with van der Waals surface area (Å²) in [7, 11) is 0. The number of amides is 2. The summed E-state index contributed by atoms with van der Waals surface area (Å²) in [5, 5.41) is 11.7. The molecule has 0 bridgehead atoms. The lowest BCUT2D eigenvalue weighted by molar-refractivity contribution is -0.131. The number of carbonyl (C=O) groups is 3. The average Bonchev–Trinajstić information content (AvgIpc) is 2.74. The predicted molar refractivity (Wildman–Crippen MR) is 72.9 cm³/mol. The molecule has 2 N–H and O–H groups in total. The van der Waals surface area contributed by atoms with Gasteiger partial charge in [0.2, 0.25) is 11.8 Å². The van der Waals surface area contributed by atoms with E-state index in [0.29, 0.717) is 18.7 Å². The first kappa shape index (κ1) is 14.3. The molecule has 0 saturated carbocycles. The quantitative estimate of drug-likeness (QED) is 0.883. The van der Waals surface area contributed by atoms with E-state index >= 15 is 0 Å². The maximum Gasteiger partial charge on any atom is 0.335 e. The molecule has 20 heavy (non-hydrogen) atoms. The zero-order valence-electron chi connectivity index (χ0n) is 10.6. The summed E-state index contributed by atoms with van der Waals surface area (Å²) in [5.74, 6) is -1.55. The molecule has 0 atom stereocenters. The Morgan fingerprint density at radius 3 is 2.70 bits per heavy atom. The van der Waals surface area contributed by atoms with Crippen molar-refractivity contribution in [2.24, 2.45) is 0 Å². The van der Waals surface area contributed by atoms with Crippen molar-refractivity contribution in [2.45, 2.75) is 12.8 Å². The van der Waals surface area contributed by atoms with Crippen LogP contribution in [0.3, 0.4) is 0 Å². The van der Waals surface area contributed by atoms with Crippen molar-refractivity contribution in [3.8, 4) is 0 Å². The van der Waals surface area contributed by atoms with Crippen molar-refractivity contribution in [2.75, 3.05) is 18.4 Å². The number of carboxylic acid groups (broad SMARTS) is 1. The third-order valence-corrected chi connectivity index (χ3v) is 3.15. The summed E-state index contributed by atoms with van der Waals surface area (Å²) in [6.07, 6.45) is 1.22. The van der Waals surface area contributed by atoms with Crippen LogP contribution in [0.25, 0.3) is 0 Å². The number of rotatable bonds is 4. The van der Waals surface area contributed by atoms with Crippen molar-refractivity contribution in [1.29, 1.82) is 0 Å². The molecule has 0 aliphatic carbocycles. The zero-order valence-corrected chi connectivity index (χ0v) is 11.3. The van der Waals surface area contributed by atoms with Crippen molar-refractivity contribution in [1.82, 2.24) is 4.90 Å². The van der Waals surface area contributed by atoms with E-state index in [0.717, 1.165) is 6.42 Å². The van der Waals surface area contributed by atoms with Gasteiger partial charge in [0.05, 0.1) is 12.1 Å². The van der Waals surface area contributed by atoms with Gasteiger partial charge in [-0.25, -0.2) is 4.79 Å². The SMILES string of the molecule is O=C(CN1CCCC1=O)Nc1cc(Cl)cc(C(=O)O)c1. The van der Waals surface area contributed by atoms with Gasteiger partial charge in [-0.15, -0.1) is 0 Å². The summed E-state index contributed by atoms with van der Waals surface area (Å²) in [4.78, 5) is 35.6. The van der Waals surface area contributed by atoms with Gasteiger partial charge in [0, 0.05) is 23.7 Å². The number of carbonyl (C=O) groups excluding carboxylic acids is 2. The second kappa shape index (κ2) is 5.92. The van der Waals surface area contributed by atoms with Crippen LogP contribution in [-0.4, -0.2) is 40.9 Å². The molecule has 0 aromatic heterocycles. The number of anilines is 1. The Morgan fingerprint density at radius 2 is 2.10 bits per heavy atom. The number of hydrogen-bond acceptors (Lipinski definition) is 3. The van der Waals surface area contributed by atoms with Gasteiger partial charge in [-0.2, -0.15) is 0 Å². The second-order valence-corrected chi connectivity index (χ2v) is 4.94. The number of hydrogen-bond donors (Lipinski definition) is 2. The molecule has 2 rings (SSSR count). The molecule has 1 aromatic rings. The summed E-state index contributed by atoms with van der Waals surface area (Å²) in [5.41, 5.74) is 0.289. The smallest absolute Gasteiger partial charge is 0.335 e. The Hall–Kier alpha value is -2.08. The van der Waals surface area contributed by atoms with Crippen LogP contribution >= 0.6 is 11.6 Å². The largest absolute Gasteiger partial charge is 0.478 e. The molecule has 2 amide bonds. The topological polar surface area (TPSA) is 86.7 Å². The number of likely N-dealkylation sites (tertiary alicyclic amines) is 1. The van der Waals surface area contributed by atoms with Crippen LogP contribution in [0.2, 0.25) is 5.02 Å². The van der Waals surface area contributed by atoms with Gasteiger partial charge in [-0.05, 0) is 24.6 Å². The minimum Gasteiger partial charge on any atom is -0.478 e. The number of carboxylic acids is 1.